The van der Waals surface area contributed by atoms with E-state index in [-0.39, 0.29) is 0 Å². The second-order valence-electron chi connectivity index (χ2n) is 5.22. The topological polar surface area (TPSA) is 9.23 Å². The summed E-state index contributed by atoms with van der Waals surface area (Å²) in [7, 11) is 0. The summed E-state index contributed by atoms with van der Waals surface area (Å²) in [6, 6.07) is 6.59. The Morgan fingerprint density at radius 3 is 2.87 bits per heavy atom. The Labute approximate surface area is 96.2 Å². The fourth-order valence-corrected chi connectivity index (χ4v) is 2.70. The predicted molar refractivity (Wildman–Crippen MR) is 65.8 cm³/mol. The molecule has 0 bridgehead atoms. The molecule has 0 amide bonds. The van der Waals surface area contributed by atoms with Gasteiger partial charge in [0, 0.05) is 10.6 Å². The minimum atomic E-state index is 0.356. The quantitative estimate of drug-likeness (QED) is 0.715. The van der Waals surface area contributed by atoms with Crippen LogP contribution in [0.1, 0.15) is 26.3 Å². The average molecular weight is 222 g/mol. The number of ether oxygens (including phenoxy) is 1. The normalized spacial score (nSPS) is 15.7. The van der Waals surface area contributed by atoms with Crippen LogP contribution in [0.25, 0.3) is 0 Å². The van der Waals surface area contributed by atoms with E-state index in [1.54, 1.807) is 0 Å². The van der Waals surface area contributed by atoms with Crippen molar-refractivity contribution in [3.05, 3.63) is 23.8 Å². The maximum Gasteiger partial charge on any atom is 0.132 e. The van der Waals surface area contributed by atoms with Crippen molar-refractivity contribution in [2.24, 2.45) is 5.41 Å². The van der Waals surface area contributed by atoms with Crippen molar-refractivity contribution in [2.75, 3.05) is 12.4 Å². The highest BCUT2D eigenvalue weighted by atomic mass is 32.2. The van der Waals surface area contributed by atoms with Gasteiger partial charge < -0.3 is 4.74 Å². The second-order valence-corrected chi connectivity index (χ2v) is 6.35. The lowest BCUT2D eigenvalue weighted by Crippen LogP contribution is -2.10. The number of rotatable bonds is 1. The number of thioether (sulfide) groups is 1. The van der Waals surface area contributed by atoms with Crippen LogP contribution in [0.5, 0.6) is 5.75 Å². The average Bonchev–Trinajstić information content (AvgIpc) is 2.15. The van der Waals surface area contributed by atoms with Gasteiger partial charge in [-0.05, 0) is 29.5 Å². The Hall–Kier alpha value is -0.630. The van der Waals surface area contributed by atoms with Gasteiger partial charge >= 0.3 is 0 Å². The third kappa shape index (κ3) is 2.91. The van der Waals surface area contributed by atoms with E-state index in [1.807, 2.05) is 11.8 Å². The molecule has 0 atom stereocenters. The monoisotopic (exact) mass is 222 g/mol. The molecule has 0 N–H and O–H groups in total. The summed E-state index contributed by atoms with van der Waals surface area (Å²) in [5, 5.41) is 0. The van der Waals surface area contributed by atoms with Crippen LogP contribution in [0.4, 0.5) is 0 Å². The first-order valence-corrected chi connectivity index (χ1v) is 6.42. The van der Waals surface area contributed by atoms with Crippen molar-refractivity contribution in [3.63, 3.8) is 0 Å². The fraction of sp³-hybridized carbons (Fsp3) is 0.538. The first kappa shape index (κ1) is 10.9. The summed E-state index contributed by atoms with van der Waals surface area (Å²) in [5.41, 5.74) is 1.77. The molecule has 15 heavy (non-hydrogen) atoms. The first-order valence-electron chi connectivity index (χ1n) is 5.43. The molecule has 82 valence electrons. The molecule has 2 rings (SSSR count). The zero-order valence-electron chi connectivity index (χ0n) is 9.67. The standard InChI is InChI=1S/C13H18OS/c1-13(2,3)9-10-4-5-11-12(8-10)15-7-6-14-11/h4-5,8H,6-7,9H2,1-3H3. The molecule has 0 saturated heterocycles. The molecule has 1 aromatic rings. The highest BCUT2D eigenvalue weighted by Crippen LogP contribution is 2.35. The Balaban J connectivity index is 2.21. The molecule has 0 aromatic heterocycles. The minimum Gasteiger partial charge on any atom is -0.492 e. The van der Waals surface area contributed by atoms with Crippen LogP contribution in [0.3, 0.4) is 0 Å². The maximum atomic E-state index is 5.59. The van der Waals surface area contributed by atoms with Gasteiger partial charge in [0.15, 0.2) is 0 Å². The summed E-state index contributed by atoms with van der Waals surface area (Å²) in [4.78, 5) is 1.31. The lowest BCUT2D eigenvalue weighted by atomic mass is 9.88. The van der Waals surface area contributed by atoms with Crippen molar-refractivity contribution in [3.8, 4) is 5.75 Å². The largest absolute Gasteiger partial charge is 0.492 e. The zero-order chi connectivity index (χ0) is 10.9. The van der Waals surface area contributed by atoms with E-state index in [1.165, 1.54) is 10.5 Å². The van der Waals surface area contributed by atoms with Gasteiger partial charge in [0.05, 0.1) is 6.61 Å². The van der Waals surface area contributed by atoms with Crippen molar-refractivity contribution >= 4 is 11.8 Å². The van der Waals surface area contributed by atoms with Gasteiger partial charge in [-0.15, -0.1) is 11.8 Å². The zero-order valence-corrected chi connectivity index (χ0v) is 10.5. The molecule has 1 nitrogen and oxygen atoms in total. The van der Waals surface area contributed by atoms with E-state index in [2.05, 4.69) is 39.0 Å². The molecule has 0 saturated carbocycles. The molecule has 1 aromatic carbocycles. The molecule has 0 fully saturated rings. The molecular formula is C13H18OS. The lowest BCUT2D eigenvalue weighted by molar-refractivity contribution is 0.329. The molecule has 1 heterocycles. The smallest absolute Gasteiger partial charge is 0.132 e. The Morgan fingerprint density at radius 2 is 2.13 bits per heavy atom. The summed E-state index contributed by atoms with van der Waals surface area (Å²) in [5.74, 6) is 2.13. The number of benzene rings is 1. The third-order valence-corrected chi connectivity index (χ3v) is 3.34. The fourth-order valence-electron chi connectivity index (χ4n) is 1.81. The van der Waals surface area contributed by atoms with Crippen LogP contribution >= 0.6 is 11.8 Å². The third-order valence-electron chi connectivity index (χ3n) is 2.34. The van der Waals surface area contributed by atoms with E-state index in [0.717, 1.165) is 24.5 Å². The number of fused-ring (bicyclic) bond motifs is 1. The maximum absolute atomic E-state index is 5.59. The SMILES string of the molecule is CC(C)(C)Cc1ccc2c(c1)SCCO2. The highest BCUT2D eigenvalue weighted by molar-refractivity contribution is 7.99. The molecule has 0 unspecified atom stereocenters. The highest BCUT2D eigenvalue weighted by Gasteiger charge is 2.15. The van der Waals surface area contributed by atoms with Gasteiger partial charge in [-0.25, -0.2) is 0 Å². The summed E-state index contributed by atoms with van der Waals surface area (Å²) < 4.78 is 5.59. The number of hydrogen-bond donors (Lipinski definition) is 0. The van der Waals surface area contributed by atoms with Crippen LogP contribution in [0.15, 0.2) is 23.1 Å². The molecule has 1 aliphatic rings. The van der Waals surface area contributed by atoms with Gasteiger partial charge in [0.2, 0.25) is 0 Å². The van der Waals surface area contributed by atoms with E-state index in [4.69, 9.17) is 4.74 Å². The van der Waals surface area contributed by atoms with Crippen molar-refractivity contribution in [2.45, 2.75) is 32.1 Å². The number of hydrogen-bond acceptors (Lipinski definition) is 2. The van der Waals surface area contributed by atoms with Gasteiger partial charge in [0.1, 0.15) is 5.75 Å². The van der Waals surface area contributed by atoms with Crippen molar-refractivity contribution in [1.82, 2.24) is 0 Å². The van der Waals surface area contributed by atoms with Crippen LogP contribution < -0.4 is 4.74 Å². The van der Waals surface area contributed by atoms with E-state index in [9.17, 15) is 0 Å². The van der Waals surface area contributed by atoms with Gasteiger partial charge in [-0.1, -0.05) is 26.8 Å². The van der Waals surface area contributed by atoms with E-state index >= 15 is 0 Å². The first-order chi connectivity index (χ1) is 7.04. The summed E-state index contributed by atoms with van der Waals surface area (Å²) in [6.45, 7) is 7.67. The summed E-state index contributed by atoms with van der Waals surface area (Å²) >= 11 is 1.90. The molecule has 1 aliphatic heterocycles. The Morgan fingerprint density at radius 1 is 1.33 bits per heavy atom. The van der Waals surface area contributed by atoms with E-state index < -0.39 is 0 Å². The van der Waals surface area contributed by atoms with Gasteiger partial charge in [-0.3, -0.25) is 0 Å². The molecular weight excluding hydrogens is 204 g/mol. The molecule has 0 radical (unpaired) electrons. The van der Waals surface area contributed by atoms with Crippen molar-refractivity contribution in [1.29, 1.82) is 0 Å². The lowest BCUT2D eigenvalue weighted by Gasteiger charge is -2.21. The van der Waals surface area contributed by atoms with Gasteiger partial charge in [-0.2, -0.15) is 0 Å². The van der Waals surface area contributed by atoms with Crippen LogP contribution in [-0.2, 0) is 6.42 Å². The predicted octanol–water partition coefficient (Wildman–Crippen LogP) is 3.76. The Kier molecular flexibility index (Phi) is 2.96. The van der Waals surface area contributed by atoms with Crippen LogP contribution in [0.2, 0.25) is 0 Å². The summed E-state index contributed by atoms with van der Waals surface area (Å²) in [6.07, 6.45) is 1.13. The van der Waals surface area contributed by atoms with E-state index in [0.29, 0.717) is 5.41 Å². The van der Waals surface area contributed by atoms with Gasteiger partial charge in [0.25, 0.3) is 0 Å². The minimum absolute atomic E-state index is 0.356. The molecule has 2 heteroatoms. The van der Waals surface area contributed by atoms with Crippen molar-refractivity contribution < 1.29 is 4.74 Å². The Bertz CT molecular complexity index is 352. The van der Waals surface area contributed by atoms with Crippen LogP contribution in [-0.4, -0.2) is 12.4 Å². The molecule has 0 aliphatic carbocycles. The van der Waals surface area contributed by atoms with Crippen LogP contribution in [0, 0.1) is 5.41 Å². The molecule has 0 spiro atoms. The second kappa shape index (κ2) is 4.09.